The second-order valence-corrected chi connectivity index (χ2v) is 5.41. The normalized spacial score (nSPS) is 31.4. The van der Waals surface area contributed by atoms with Crippen LogP contribution in [-0.2, 0) is 0 Å². The fourth-order valence-corrected chi connectivity index (χ4v) is 3.03. The summed E-state index contributed by atoms with van der Waals surface area (Å²) in [5, 5.41) is 3.47. The van der Waals surface area contributed by atoms with E-state index in [9.17, 15) is 0 Å². The highest BCUT2D eigenvalue weighted by atomic mass is 15.2. The molecule has 0 radical (unpaired) electrons. The SMILES string of the molecule is CC1CNCCN1CC1CCCCCC1. The van der Waals surface area contributed by atoms with Gasteiger partial charge in [-0.25, -0.2) is 0 Å². The van der Waals surface area contributed by atoms with Crippen LogP contribution in [-0.4, -0.2) is 37.1 Å². The number of hydrogen-bond donors (Lipinski definition) is 1. The summed E-state index contributed by atoms with van der Waals surface area (Å²) in [6.07, 6.45) is 8.88. The van der Waals surface area contributed by atoms with Crippen molar-refractivity contribution in [2.24, 2.45) is 5.92 Å². The van der Waals surface area contributed by atoms with Crippen molar-refractivity contribution in [2.75, 3.05) is 26.2 Å². The fourth-order valence-electron chi connectivity index (χ4n) is 3.03. The van der Waals surface area contributed by atoms with Gasteiger partial charge in [0.25, 0.3) is 0 Å². The fraction of sp³-hybridized carbons (Fsp3) is 1.00. The van der Waals surface area contributed by atoms with Gasteiger partial charge in [-0.1, -0.05) is 25.7 Å². The molecular formula is C13H26N2. The number of nitrogens with zero attached hydrogens (tertiary/aromatic N) is 1. The maximum Gasteiger partial charge on any atom is 0.0193 e. The zero-order valence-corrected chi connectivity index (χ0v) is 10.2. The van der Waals surface area contributed by atoms with Gasteiger partial charge in [0.1, 0.15) is 0 Å². The number of hydrogen-bond acceptors (Lipinski definition) is 2. The van der Waals surface area contributed by atoms with Crippen molar-refractivity contribution in [1.82, 2.24) is 10.2 Å². The summed E-state index contributed by atoms with van der Waals surface area (Å²) in [5.74, 6) is 0.994. The summed E-state index contributed by atoms with van der Waals surface area (Å²) < 4.78 is 0. The molecule has 2 rings (SSSR count). The Morgan fingerprint density at radius 1 is 1.13 bits per heavy atom. The second kappa shape index (κ2) is 5.86. The van der Waals surface area contributed by atoms with Crippen LogP contribution in [0.1, 0.15) is 45.4 Å². The average Bonchev–Trinajstić information content (AvgIpc) is 2.50. The molecule has 1 unspecified atom stereocenters. The van der Waals surface area contributed by atoms with E-state index in [1.807, 2.05) is 0 Å². The third-order valence-electron chi connectivity index (χ3n) is 4.11. The molecule has 1 saturated carbocycles. The van der Waals surface area contributed by atoms with Gasteiger partial charge in [0.05, 0.1) is 0 Å². The molecule has 1 atom stereocenters. The first-order valence-corrected chi connectivity index (χ1v) is 6.81. The van der Waals surface area contributed by atoms with Crippen molar-refractivity contribution in [3.63, 3.8) is 0 Å². The van der Waals surface area contributed by atoms with Crippen LogP contribution < -0.4 is 5.32 Å². The summed E-state index contributed by atoms with van der Waals surface area (Å²) in [4.78, 5) is 2.70. The van der Waals surface area contributed by atoms with Crippen LogP contribution in [0.4, 0.5) is 0 Å². The minimum atomic E-state index is 0.752. The van der Waals surface area contributed by atoms with Crippen molar-refractivity contribution in [2.45, 2.75) is 51.5 Å². The molecule has 1 heterocycles. The summed E-state index contributed by atoms with van der Waals surface area (Å²) >= 11 is 0. The van der Waals surface area contributed by atoms with E-state index in [0.29, 0.717) is 0 Å². The van der Waals surface area contributed by atoms with Gasteiger partial charge in [-0.05, 0) is 25.7 Å². The van der Waals surface area contributed by atoms with Gasteiger partial charge in [-0.15, -0.1) is 0 Å². The van der Waals surface area contributed by atoms with Crippen molar-refractivity contribution in [1.29, 1.82) is 0 Å². The molecule has 0 aromatic carbocycles. The molecule has 88 valence electrons. The average molecular weight is 210 g/mol. The van der Waals surface area contributed by atoms with Gasteiger partial charge >= 0.3 is 0 Å². The van der Waals surface area contributed by atoms with Gasteiger partial charge in [0, 0.05) is 32.2 Å². The molecule has 2 aliphatic rings. The monoisotopic (exact) mass is 210 g/mol. The Balaban J connectivity index is 1.78. The van der Waals surface area contributed by atoms with Crippen molar-refractivity contribution < 1.29 is 0 Å². The van der Waals surface area contributed by atoms with Gasteiger partial charge in [0.2, 0.25) is 0 Å². The lowest BCUT2D eigenvalue weighted by atomic mass is 9.98. The summed E-state index contributed by atoms with van der Waals surface area (Å²) in [7, 11) is 0. The highest BCUT2D eigenvalue weighted by molar-refractivity contribution is 4.79. The molecule has 2 fully saturated rings. The highest BCUT2D eigenvalue weighted by Gasteiger charge is 2.21. The maximum atomic E-state index is 3.47. The smallest absolute Gasteiger partial charge is 0.0193 e. The van der Waals surface area contributed by atoms with E-state index in [0.717, 1.165) is 12.0 Å². The van der Waals surface area contributed by atoms with Crippen LogP contribution in [0.5, 0.6) is 0 Å². The van der Waals surface area contributed by atoms with Crippen molar-refractivity contribution >= 4 is 0 Å². The molecule has 0 amide bonds. The lowest BCUT2D eigenvalue weighted by Crippen LogP contribution is -2.51. The molecule has 1 aliphatic carbocycles. The molecule has 0 spiro atoms. The Morgan fingerprint density at radius 3 is 2.53 bits per heavy atom. The molecule has 0 bridgehead atoms. The lowest BCUT2D eigenvalue weighted by Gasteiger charge is -2.36. The van der Waals surface area contributed by atoms with Crippen LogP contribution >= 0.6 is 0 Å². The van der Waals surface area contributed by atoms with E-state index in [1.54, 1.807) is 0 Å². The van der Waals surface area contributed by atoms with Crippen LogP contribution in [0.15, 0.2) is 0 Å². The van der Waals surface area contributed by atoms with E-state index in [1.165, 1.54) is 64.7 Å². The summed E-state index contributed by atoms with van der Waals surface area (Å²) in [5.41, 5.74) is 0. The highest BCUT2D eigenvalue weighted by Crippen LogP contribution is 2.24. The van der Waals surface area contributed by atoms with Gasteiger partial charge in [0.15, 0.2) is 0 Å². The number of nitrogens with one attached hydrogen (secondary N) is 1. The Kier molecular flexibility index (Phi) is 4.45. The predicted molar refractivity (Wildman–Crippen MR) is 65.1 cm³/mol. The Morgan fingerprint density at radius 2 is 1.87 bits per heavy atom. The zero-order chi connectivity index (χ0) is 10.5. The van der Waals surface area contributed by atoms with E-state index in [-0.39, 0.29) is 0 Å². The van der Waals surface area contributed by atoms with E-state index >= 15 is 0 Å². The molecule has 1 N–H and O–H groups in total. The van der Waals surface area contributed by atoms with E-state index in [2.05, 4.69) is 17.1 Å². The molecule has 1 aliphatic heterocycles. The number of rotatable bonds is 2. The quantitative estimate of drug-likeness (QED) is 0.703. The van der Waals surface area contributed by atoms with Gasteiger partial charge < -0.3 is 5.32 Å². The molecular weight excluding hydrogens is 184 g/mol. The third kappa shape index (κ3) is 3.46. The lowest BCUT2D eigenvalue weighted by molar-refractivity contribution is 0.142. The minimum absolute atomic E-state index is 0.752. The van der Waals surface area contributed by atoms with Crippen LogP contribution in [0.3, 0.4) is 0 Å². The van der Waals surface area contributed by atoms with Crippen LogP contribution in [0.2, 0.25) is 0 Å². The molecule has 2 nitrogen and oxygen atoms in total. The molecule has 0 aromatic heterocycles. The standard InChI is InChI=1S/C13H26N2/c1-12-10-14-8-9-15(12)11-13-6-4-2-3-5-7-13/h12-14H,2-11H2,1H3. The Hall–Kier alpha value is -0.0800. The second-order valence-electron chi connectivity index (χ2n) is 5.41. The Bertz CT molecular complexity index is 173. The third-order valence-corrected chi connectivity index (χ3v) is 4.11. The summed E-state index contributed by atoms with van der Waals surface area (Å²) in [6, 6.07) is 0.752. The van der Waals surface area contributed by atoms with Crippen LogP contribution in [0.25, 0.3) is 0 Å². The molecule has 1 saturated heterocycles. The first kappa shape index (κ1) is 11.4. The van der Waals surface area contributed by atoms with Crippen LogP contribution in [0, 0.1) is 5.92 Å². The zero-order valence-electron chi connectivity index (χ0n) is 10.2. The predicted octanol–water partition coefficient (Wildman–Crippen LogP) is 2.25. The largest absolute Gasteiger partial charge is 0.314 e. The first-order valence-electron chi connectivity index (χ1n) is 6.81. The maximum absolute atomic E-state index is 3.47. The van der Waals surface area contributed by atoms with Gasteiger partial charge in [-0.2, -0.15) is 0 Å². The van der Waals surface area contributed by atoms with E-state index in [4.69, 9.17) is 0 Å². The van der Waals surface area contributed by atoms with Crippen molar-refractivity contribution in [3.05, 3.63) is 0 Å². The first-order chi connectivity index (χ1) is 7.36. The molecule has 2 heteroatoms. The summed E-state index contributed by atoms with van der Waals surface area (Å²) in [6.45, 7) is 7.37. The van der Waals surface area contributed by atoms with Gasteiger partial charge in [-0.3, -0.25) is 4.90 Å². The Labute approximate surface area is 94.4 Å². The molecule has 0 aromatic rings. The number of piperazine rings is 1. The minimum Gasteiger partial charge on any atom is -0.314 e. The molecule has 15 heavy (non-hydrogen) atoms. The van der Waals surface area contributed by atoms with E-state index < -0.39 is 0 Å². The topological polar surface area (TPSA) is 15.3 Å². The van der Waals surface area contributed by atoms with Crippen molar-refractivity contribution in [3.8, 4) is 0 Å².